The van der Waals surface area contributed by atoms with E-state index in [0.29, 0.717) is 0 Å². The minimum atomic E-state index is -0.470. The van der Waals surface area contributed by atoms with Crippen molar-refractivity contribution in [3.8, 4) is 27.9 Å². The molecule has 12 rings (SSSR count). The molecule has 256 valence electrons. The van der Waals surface area contributed by atoms with E-state index in [1.807, 2.05) is 0 Å². The van der Waals surface area contributed by atoms with Crippen LogP contribution in [0.5, 0.6) is 0 Å². The van der Waals surface area contributed by atoms with Crippen molar-refractivity contribution in [3.05, 3.63) is 229 Å². The maximum atomic E-state index is 2.51. The van der Waals surface area contributed by atoms with Crippen LogP contribution in [0.1, 0.15) is 22.3 Å². The fraction of sp³-hybridized carbons (Fsp3) is 0.0189. The highest BCUT2D eigenvalue weighted by molar-refractivity contribution is 6.13. The van der Waals surface area contributed by atoms with E-state index in [2.05, 4.69) is 216 Å². The maximum absolute atomic E-state index is 2.51. The van der Waals surface area contributed by atoms with Crippen molar-refractivity contribution in [1.29, 1.82) is 0 Å². The predicted octanol–water partition coefficient (Wildman–Crippen LogP) is 13.8. The van der Waals surface area contributed by atoms with Gasteiger partial charge in [0, 0.05) is 27.8 Å². The lowest BCUT2D eigenvalue weighted by atomic mass is 9.65. The zero-order valence-electron chi connectivity index (χ0n) is 30.0. The van der Waals surface area contributed by atoms with Crippen molar-refractivity contribution in [2.24, 2.45) is 0 Å². The number of nitrogens with zero attached hydrogens (tertiary/aromatic N) is 2. The molecule has 2 heterocycles. The molecule has 1 aliphatic carbocycles. The van der Waals surface area contributed by atoms with E-state index in [-0.39, 0.29) is 0 Å². The van der Waals surface area contributed by atoms with E-state index >= 15 is 0 Å². The Morgan fingerprint density at radius 2 is 0.964 bits per heavy atom. The second-order valence-corrected chi connectivity index (χ2v) is 14.8. The highest BCUT2D eigenvalue weighted by Gasteiger charge is 2.50. The maximum Gasteiger partial charge on any atom is 0.0754 e. The number of aromatic nitrogens is 1. The standard InChI is InChI=1S/C53H34N2/c1-2-16-37(17-3-1)54(38-30-28-36(29-31-38)41-21-12-15-35-14-4-5-18-40(35)41)39-32-33-47-45(34-39)42-19-6-8-23-46(42)53(47)48-24-9-11-27-51(48)55-50-26-10-7-20-43(50)44-22-13-25-49(53)52(44)55/h1-34H. The van der Waals surface area contributed by atoms with Crippen LogP contribution in [0.4, 0.5) is 17.1 Å². The van der Waals surface area contributed by atoms with Gasteiger partial charge in [0.1, 0.15) is 0 Å². The van der Waals surface area contributed by atoms with Gasteiger partial charge in [-0.05, 0) is 104 Å². The molecule has 1 aliphatic heterocycles. The van der Waals surface area contributed by atoms with E-state index < -0.39 is 5.41 Å². The summed E-state index contributed by atoms with van der Waals surface area (Å²) < 4.78 is 2.51. The molecule has 55 heavy (non-hydrogen) atoms. The molecule has 1 aromatic heterocycles. The summed E-state index contributed by atoms with van der Waals surface area (Å²) in [6.45, 7) is 0. The Morgan fingerprint density at radius 3 is 1.85 bits per heavy atom. The topological polar surface area (TPSA) is 8.17 Å². The van der Waals surface area contributed by atoms with Gasteiger partial charge in [-0.15, -0.1) is 0 Å². The molecule has 2 aliphatic rings. The minimum Gasteiger partial charge on any atom is -0.310 e. The van der Waals surface area contributed by atoms with Crippen LogP contribution in [0.25, 0.3) is 60.5 Å². The molecule has 1 unspecified atom stereocenters. The molecular weight excluding hydrogens is 665 g/mol. The molecule has 0 amide bonds. The van der Waals surface area contributed by atoms with Crippen molar-refractivity contribution in [1.82, 2.24) is 4.57 Å². The summed E-state index contributed by atoms with van der Waals surface area (Å²) >= 11 is 0. The minimum absolute atomic E-state index is 0.470. The molecule has 2 heteroatoms. The van der Waals surface area contributed by atoms with Crippen LogP contribution in [-0.4, -0.2) is 4.57 Å². The van der Waals surface area contributed by atoms with Gasteiger partial charge in [0.25, 0.3) is 0 Å². The van der Waals surface area contributed by atoms with Gasteiger partial charge in [-0.2, -0.15) is 0 Å². The number of para-hydroxylation sites is 4. The van der Waals surface area contributed by atoms with Gasteiger partial charge in [-0.25, -0.2) is 0 Å². The molecule has 0 radical (unpaired) electrons. The molecule has 9 aromatic carbocycles. The largest absolute Gasteiger partial charge is 0.310 e. The number of hydrogen-bond donors (Lipinski definition) is 0. The van der Waals surface area contributed by atoms with Crippen LogP contribution in [0.15, 0.2) is 206 Å². The molecule has 2 nitrogen and oxygen atoms in total. The second-order valence-electron chi connectivity index (χ2n) is 14.8. The van der Waals surface area contributed by atoms with Crippen molar-refractivity contribution in [2.75, 3.05) is 4.90 Å². The lowest BCUT2D eigenvalue weighted by molar-refractivity contribution is 0.748. The van der Waals surface area contributed by atoms with Crippen LogP contribution in [0, 0.1) is 0 Å². The SMILES string of the molecule is c1ccc(N(c2ccc(-c3cccc4ccccc34)cc2)c2ccc3c(c2)-c2ccccc2C32c3ccccc3-n3c4ccccc4c4cccc2c43)cc1. The average molecular weight is 699 g/mol. The quantitative estimate of drug-likeness (QED) is 0.178. The highest BCUT2D eigenvalue weighted by atomic mass is 15.1. The summed E-state index contributed by atoms with van der Waals surface area (Å²) in [5.74, 6) is 0. The monoisotopic (exact) mass is 698 g/mol. The predicted molar refractivity (Wildman–Crippen MR) is 229 cm³/mol. The number of fused-ring (bicyclic) bond motifs is 13. The van der Waals surface area contributed by atoms with Gasteiger partial charge >= 0.3 is 0 Å². The second kappa shape index (κ2) is 11.4. The number of hydrogen-bond acceptors (Lipinski definition) is 1. The van der Waals surface area contributed by atoms with Crippen molar-refractivity contribution in [3.63, 3.8) is 0 Å². The molecule has 0 fully saturated rings. The molecular formula is C53H34N2. The first-order valence-electron chi connectivity index (χ1n) is 19.1. The van der Waals surface area contributed by atoms with E-state index in [0.717, 1.165) is 17.1 Å². The number of rotatable bonds is 4. The van der Waals surface area contributed by atoms with E-state index in [1.165, 1.54) is 82.8 Å². The zero-order valence-corrected chi connectivity index (χ0v) is 30.0. The van der Waals surface area contributed by atoms with Gasteiger partial charge < -0.3 is 9.47 Å². The number of benzene rings is 9. The van der Waals surface area contributed by atoms with Gasteiger partial charge in [0.2, 0.25) is 0 Å². The van der Waals surface area contributed by atoms with Crippen molar-refractivity contribution in [2.45, 2.75) is 5.41 Å². The zero-order chi connectivity index (χ0) is 36.1. The van der Waals surface area contributed by atoms with Crippen molar-refractivity contribution >= 4 is 49.6 Å². The lowest BCUT2D eigenvalue weighted by Gasteiger charge is -2.39. The Hall–Kier alpha value is -7.16. The summed E-state index contributed by atoms with van der Waals surface area (Å²) in [7, 11) is 0. The Balaban J connectivity index is 1.08. The summed E-state index contributed by atoms with van der Waals surface area (Å²) in [4.78, 5) is 2.40. The van der Waals surface area contributed by atoms with Crippen LogP contribution >= 0.6 is 0 Å². The van der Waals surface area contributed by atoms with E-state index in [4.69, 9.17) is 0 Å². The average Bonchev–Trinajstić information content (AvgIpc) is 3.75. The van der Waals surface area contributed by atoms with Gasteiger partial charge in [-0.1, -0.05) is 158 Å². The molecule has 0 saturated carbocycles. The number of anilines is 3. The fourth-order valence-electron chi connectivity index (χ4n) is 9.99. The molecule has 0 N–H and O–H groups in total. The van der Waals surface area contributed by atoms with Crippen LogP contribution in [0.2, 0.25) is 0 Å². The van der Waals surface area contributed by atoms with Crippen LogP contribution in [-0.2, 0) is 5.41 Å². The molecule has 10 aromatic rings. The van der Waals surface area contributed by atoms with Gasteiger partial charge in [0.15, 0.2) is 0 Å². The normalized spacial score (nSPS) is 15.0. The first-order chi connectivity index (χ1) is 27.3. The highest BCUT2D eigenvalue weighted by Crippen LogP contribution is 2.61. The third-order valence-corrected chi connectivity index (χ3v) is 12.2. The molecule has 0 saturated heterocycles. The Kier molecular flexibility index (Phi) is 6.29. The van der Waals surface area contributed by atoms with E-state index in [1.54, 1.807) is 0 Å². The first kappa shape index (κ1) is 30.3. The van der Waals surface area contributed by atoms with Crippen LogP contribution < -0.4 is 4.90 Å². The van der Waals surface area contributed by atoms with Crippen molar-refractivity contribution < 1.29 is 0 Å². The summed E-state index contributed by atoms with van der Waals surface area (Å²) in [5.41, 5.74) is 17.0. The van der Waals surface area contributed by atoms with Gasteiger partial charge in [-0.3, -0.25) is 0 Å². The summed E-state index contributed by atoms with van der Waals surface area (Å²) in [5, 5.41) is 5.11. The smallest absolute Gasteiger partial charge is 0.0754 e. The summed E-state index contributed by atoms with van der Waals surface area (Å²) in [6, 6.07) is 76.2. The van der Waals surface area contributed by atoms with E-state index in [9.17, 15) is 0 Å². The molecule has 1 atom stereocenters. The fourth-order valence-corrected chi connectivity index (χ4v) is 9.99. The van der Waals surface area contributed by atoms with Crippen LogP contribution in [0.3, 0.4) is 0 Å². The molecule has 1 spiro atoms. The third-order valence-electron chi connectivity index (χ3n) is 12.2. The van der Waals surface area contributed by atoms with Gasteiger partial charge in [0.05, 0.1) is 22.1 Å². The third kappa shape index (κ3) is 4.08. The Bertz CT molecular complexity index is 3150. The summed E-state index contributed by atoms with van der Waals surface area (Å²) in [6.07, 6.45) is 0. The molecule has 0 bridgehead atoms. The first-order valence-corrected chi connectivity index (χ1v) is 19.1. The Labute approximate surface area is 319 Å². The lowest BCUT2D eigenvalue weighted by Crippen LogP contribution is -2.33. The Morgan fingerprint density at radius 1 is 0.364 bits per heavy atom.